The van der Waals surface area contributed by atoms with E-state index in [-0.39, 0.29) is 6.10 Å². The normalized spacial score (nSPS) is 16.7. The average molecular weight is 403 g/mol. The number of halogens is 2. The highest BCUT2D eigenvalue weighted by molar-refractivity contribution is 14.1. The van der Waals surface area contributed by atoms with Crippen molar-refractivity contribution in [1.82, 2.24) is 9.97 Å². The van der Waals surface area contributed by atoms with Crippen LogP contribution in [0.15, 0.2) is 18.3 Å². The Labute approximate surface area is 135 Å². The molecule has 3 rings (SSSR count). The van der Waals surface area contributed by atoms with Crippen LogP contribution in [0.5, 0.6) is 11.5 Å². The van der Waals surface area contributed by atoms with Gasteiger partial charge in [-0.1, -0.05) is 11.6 Å². The smallest absolute Gasteiger partial charge is 0.164 e. The van der Waals surface area contributed by atoms with Gasteiger partial charge in [0.05, 0.1) is 16.2 Å². The Hall–Kier alpha value is -1.08. The van der Waals surface area contributed by atoms with E-state index in [1.54, 1.807) is 13.3 Å². The fraction of sp³-hybridized carbons (Fsp3) is 0.286. The Kier molecular flexibility index (Phi) is 3.72. The van der Waals surface area contributed by atoms with Crippen molar-refractivity contribution < 1.29 is 9.47 Å². The van der Waals surface area contributed by atoms with Gasteiger partial charge in [0.2, 0.25) is 0 Å². The van der Waals surface area contributed by atoms with E-state index in [4.69, 9.17) is 21.1 Å². The van der Waals surface area contributed by atoms with Crippen molar-refractivity contribution in [3.8, 4) is 22.9 Å². The lowest BCUT2D eigenvalue weighted by Crippen LogP contribution is -2.05. The Morgan fingerprint density at radius 2 is 2.25 bits per heavy atom. The Bertz CT molecular complexity index is 678. The number of rotatable bonds is 2. The van der Waals surface area contributed by atoms with Gasteiger partial charge in [0, 0.05) is 18.2 Å². The predicted molar refractivity (Wildman–Crippen MR) is 85.5 cm³/mol. The van der Waals surface area contributed by atoms with Crippen LogP contribution < -0.4 is 9.47 Å². The van der Waals surface area contributed by atoms with Crippen LogP contribution in [-0.4, -0.2) is 23.2 Å². The van der Waals surface area contributed by atoms with Crippen LogP contribution in [0.25, 0.3) is 11.4 Å². The Morgan fingerprint density at radius 1 is 1.45 bits per heavy atom. The second kappa shape index (κ2) is 5.37. The Balaban J connectivity index is 2.13. The summed E-state index contributed by atoms with van der Waals surface area (Å²) in [5.74, 6) is 2.14. The van der Waals surface area contributed by atoms with Crippen LogP contribution in [0.4, 0.5) is 0 Å². The van der Waals surface area contributed by atoms with Gasteiger partial charge < -0.3 is 9.47 Å². The fourth-order valence-electron chi connectivity index (χ4n) is 2.26. The second-order valence-corrected chi connectivity index (χ2v) is 6.15. The van der Waals surface area contributed by atoms with Gasteiger partial charge in [0.1, 0.15) is 22.8 Å². The Morgan fingerprint density at radius 3 is 2.95 bits per heavy atom. The van der Waals surface area contributed by atoms with E-state index in [0.29, 0.717) is 11.0 Å². The molecule has 0 radical (unpaired) electrons. The number of ether oxygens (including phenoxy) is 2. The highest BCUT2D eigenvalue weighted by Gasteiger charge is 2.23. The van der Waals surface area contributed by atoms with Crippen molar-refractivity contribution in [2.24, 2.45) is 0 Å². The first-order valence-corrected chi connectivity index (χ1v) is 7.60. The van der Waals surface area contributed by atoms with Crippen LogP contribution in [0.3, 0.4) is 0 Å². The molecule has 0 aliphatic carbocycles. The number of aromatic nitrogens is 2. The lowest BCUT2D eigenvalue weighted by Gasteiger charge is -2.10. The molecule has 1 aromatic heterocycles. The number of hydrogen-bond donors (Lipinski definition) is 0. The maximum absolute atomic E-state index is 6.07. The molecular weight excluding hydrogens is 391 g/mol. The van der Waals surface area contributed by atoms with Gasteiger partial charge in [0.15, 0.2) is 5.82 Å². The molecular formula is C14H12ClIN2O2. The van der Waals surface area contributed by atoms with Gasteiger partial charge in [-0.3, -0.25) is 0 Å². The predicted octanol–water partition coefficient (Wildman–Crippen LogP) is 3.73. The zero-order valence-electron chi connectivity index (χ0n) is 11.0. The van der Waals surface area contributed by atoms with Crippen molar-refractivity contribution in [1.29, 1.82) is 0 Å². The summed E-state index contributed by atoms with van der Waals surface area (Å²) >= 11 is 8.17. The maximum Gasteiger partial charge on any atom is 0.164 e. The first-order valence-electron chi connectivity index (χ1n) is 6.14. The molecule has 0 amide bonds. The molecule has 0 saturated carbocycles. The molecule has 104 valence electrons. The minimum Gasteiger partial charge on any atom is -0.496 e. The van der Waals surface area contributed by atoms with Crippen molar-refractivity contribution >= 4 is 34.2 Å². The third-order valence-corrected chi connectivity index (χ3v) is 4.56. The van der Waals surface area contributed by atoms with Gasteiger partial charge in [-0.2, -0.15) is 0 Å². The van der Waals surface area contributed by atoms with Crippen molar-refractivity contribution in [3.05, 3.63) is 32.6 Å². The van der Waals surface area contributed by atoms with Crippen LogP contribution in [0.1, 0.15) is 12.5 Å². The van der Waals surface area contributed by atoms with E-state index >= 15 is 0 Å². The topological polar surface area (TPSA) is 44.2 Å². The minimum absolute atomic E-state index is 0.186. The first kappa shape index (κ1) is 13.9. The monoisotopic (exact) mass is 402 g/mol. The summed E-state index contributed by atoms with van der Waals surface area (Å²) in [5.41, 5.74) is 1.94. The summed E-state index contributed by atoms with van der Waals surface area (Å²) in [6, 6.07) is 3.92. The number of fused-ring (bicyclic) bond motifs is 1. The number of nitrogens with zero attached hydrogens (tertiary/aromatic N) is 2. The van der Waals surface area contributed by atoms with E-state index in [1.807, 2.05) is 19.1 Å². The largest absolute Gasteiger partial charge is 0.496 e. The SMILES string of the molecule is COc1cc2c(cc1-c1ncc(I)c(Cl)n1)OC(C)C2. The van der Waals surface area contributed by atoms with Gasteiger partial charge in [0.25, 0.3) is 0 Å². The lowest BCUT2D eigenvalue weighted by atomic mass is 10.1. The summed E-state index contributed by atoms with van der Waals surface area (Å²) < 4.78 is 12.0. The fourth-order valence-corrected chi connectivity index (χ4v) is 2.65. The highest BCUT2D eigenvalue weighted by atomic mass is 127. The van der Waals surface area contributed by atoms with Gasteiger partial charge in [-0.05, 0) is 41.6 Å². The number of benzene rings is 1. The molecule has 6 heteroatoms. The first-order chi connectivity index (χ1) is 9.58. The lowest BCUT2D eigenvalue weighted by molar-refractivity contribution is 0.254. The zero-order valence-corrected chi connectivity index (χ0v) is 13.9. The summed E-state index contributed by atoms with van der Waals surface area (Å²) in [4.78, 5) is 8.63. The van der Waals surface area contributed by atoms with E-state index in [0.717, 1.165) is 32.6 Å². The van der Waals surface area contributed by atoms with Crippen LogP contribution >= 0.6 is 34.2 Å². The third kappa shape index (κ3) is 2.44. The van der Waals surface area contributed by atoms with Crippen LogP contribution in [0.2, 0.25) is 5.15 Å². The van der Waals surface area contributed by atoms with Gasteiger partial charge >= 0.3 is 0 Å². The van der Waals surface area contributed by atoms with E-state index in [9.17, 15) is 0 Å². The van der Waals surface area contributed by atoms with Gasteiger partial charge in [-0.25, -0.2) is 9.97 Å². The molecule has 1 aromatic carbocycles. The zero-order chi connectivity index (χ0) is 14.3. The summed E-state index contributed by atoms with van der Waals surface area (Å²) in [5, 5.41) is 0.437. The molecule has 1 aliphatic heterocycles. The molecule has 2 aromatic rings. The molecule has 20 heavy (non-hydrogen) atoms. The summed E-state index contributed by atoms with van der Waals surface area (Å²) in [6.07, 6.45) is 2.77. The van der Waals surface area contributed by atoms with Crippen LogP contribution in [0, 0.1) is 3.57 Å². The quantitative estimate of drug-likeness (QED) is 0.567. The van der Waals surface area contributed by atoms with Gasteiger partial charge in [-0.15, -0.1) is 0 Å². The molecule has 0 spiro atoms. The second-order valence-electron chi connectivity index (χ2n) is 4.63. The number of hydrogen-bond acceptors (Lipinski definition) is 4. The third-order valence-electron chi connectivity index (χ3n) is 3.16. The number of methoxy groups -OCH3 is 1. The molecule has 0 N–H and O–H groups in total. The minimum atomic E-state index is 0.186. The molecule has 0 saturated heterocycles. The summed E-state index contributed by atoms with van der Waals surface area (Å²) in [7, 11) is 1.64. The highest BCUT2D eigenvalue weighted by Crippen LogP contribution is 2.39. The van der Waals surface area contributed by atoms with Crippen molar-refractivity contribution in [2.45, 2.75) is 19.4 Å². The van der Waals surface area contributed by atoms with Crippen molar-refractivity contribution in [2.75, 3.05) is 7.11 Å². The van der Waals surface area contributed by atoms with E-state index in [1.165, 1.54) is 0 Å². The molecule has 1 atom stereocenters. The van der Waals surface area contributed by atoms with Crippen molar-refractivity contribution in [3.63, 3.8) is 0 Å². The molecule has 1 aliphatic rings. The standard InChI is InChI=1S/C14H12ClIN2O2/c1-7-3-8-4-12(19-2)9(5-11(8)20-7)14-17-6-10(16)13(15)18-14/h4-7H,3H2,1-2H3. The summed E-state index contributed by atoms with van der Waals surface area (Å²) in [6.45, 7) is 2.05. The molecule has 2 heterocycles. The van der Waals surface area contributed by atoms with Crippen LogP contribution in [-0.2, 0) is 6.42 Å². The maximum atomic E-state index is 6.07. The molecule has 4 nitrogen and oxygen atoms in total. The molecule has 0 fully saturated rings. The molecule has 1 unspecified atom stereocenters. The molecule has 0 bridgehead atoms. The van der Waals surface area contributed by atoms with E-state index < -0.39 is 0 Å². The average Bonchev–Trinajstić information content (AvgIpc) is 2.79. The van der Waals surface area contributed by atoms with E-state index in [2.05, 4.69) is 32.6 Å².